The van der Waals surface area contributed by atoms with Crippen LogP contribution in [0.3, 0.4) is 0 Å². The quantitative estimate of drug-likeness (QED) is 0.0415. The lowest BCUT2D eigenvalue weighted by atomic mass is 9.85. The van der Waals surface area contributed by atoms with Gasteiger partial charge in [-0.3, -0.25) is 23.2 Å². The van der Waals surface area contributed by atoms with Crippen molar-refractivity contribution in [2.75, 3.05) is 20.1 Å². The molecule has 2 aromatic carbocycles. The maximum absolute atomic E-state index is 13.3. The second-order valence-corrected chi connectivity index (χ2v) is 20.1. The van der Waals surface area contributed by atoms with E-state index in [9.17, 15) is 43.1 Å². The fraction of sp³-hybridized carbons (Fsp3) is 0.367. The van der Waals surface area contributed by atoms with Gasteiger partial charge in [0.05, 0.1) is 70.5 Å². The van der Waals surface area contributed by atoms with Gasteiger partial charge in [-0.15, -0.1) is 0 Å². The molecule has 0 bridgehead atoms. The zero-order chi connectivity index (χ0) is 53.3. The first kappa shape index (κ1) is 56.4. The Hall–Kier alpha value is -6.37. The van der Waals surface area contributed by atoms with Gasteiger partial charge in [-0.1, -0.05) is 57.7 Å². The molecule has 0 spiro atoms. The molecule has 75 heavy (non-hydrogen) atoms. The molecule has 0 saturated heterocycles. The molecule has 2 unspecified atom stereocenters. The minimum atomic E-state index is -5.07. The fourth-order valence-corrected chi connectivity index (χ4v) is 9.76. The molecule has 9 N–H and O–H groups in total. The number of carboxylic acid groups (broad SMARTS) is 1. The van der Waals surface area contributed by atoms with E-state index in [1.165, 1.54) is 0 Å². The van der Waals surface area contributed by atoms with Crippen LogP contribution in [0.2, 0.25) is 0 Å². The number of phosphoric ester groups is 2. The van der Waals surface area contributed by atoms with Gasteiger partial charge in [0.1, 0.15) is 19.3 Å². The number of para-hydroxylation sites is 2. The first-order valence-corrected chi connectivity index (χ1v) is 26.3. The van der Waals surface area contributed by atoms with Gasteiger partial charge in [0.15, 0.2) is 24.8 Å². The molecular weight excluding hydrogens is 1020 g/mol. The van der Waals surface area contributed by atoms with Crippen molar-refractivity contribution in [3.05, 3.63) is 127 Å². The number of carboxylic acids is 1. The van der Waals surface area contributed by atoms with Crippen molar-refractivity contribution in [2.24, 2.45) is 0 Å². The van der Waals surface area contributed by atoms with Crippen molar-refractivity contribution in [1.82, 2.24) is 19.1 Å². The first-order chi connectivity index (χ1) is 35.1. The van der Waals surface area contributed by atoms with Crippen LogP contribution in [-0.4, -0.2) is 77.9 Å². The van der Waals surface area contributed by atoms with Crippen LogP contribution in [0.5, 0.6) is 0 Å². The van der Waals surface area contributed by atoms with Gasteiger partial charge < -0.3 is 69.0 Å². The molecule has 4 aromatic heterocycles. The highest BCUT2D eigenvalue weighted by Crippen LogP contribution is 2.44. The number of carbonyl (C=O) groups excluding carboxylic acids is 3. The lowest BCUT2D eigenvalue weighted by Crippen LogP contribution is -2.68. The van der Waals surface area contributed by atoms with Crippen LogP contribution >= 0.6 is 15.6 Å². The van der Waals surface area contributed by atoms with Gasteiger partial charge in [-0.25, -0.2) is 24.1 Å². The monoisotopic (exact) mass is 1080 g/mol. The Bertz CT molecular complexity index is 3220. The number of phosphoric acid groups is 2. The van der Waals surface area contributed by atoms with Crippen molar-refractivity contribution >= 4 is 55.4 Å². The standard InChI is InChI=1S/2C21H19N2O8P.C6H14N2O2.CH4/c2*1-2-21(30-11-31-32(26,27)28)15-8-17-18-13(7-12-5-3-4-6-16(12)22-18)9-23(17)19(24)14(15)10-29-20(21)25;7-4-2-1-3-5(8)6(9)10;/h2*3-8H,2,9-11H2,1H3,(H2,26,27,28);5H,1-4,7-8H2,(H,9,10);1H4/t2*21-;;/m00../s1. The Kier molecular flexibility index (Phi) is 16.9. The second-order valence-electron chi connectivity index (χ2n) is 17.6. The number of hydrogen-bond donors (Lipinski definition) is 5. The van der Waals surface area contributed by atoms with E-state index in [0.29, 0.717) is 47.8 Å². The Morgan fingerprint density at radius 1 is 0.747 bits per heavy atom. The molecule has 400 valence electrons. The number of ether oxygens (including phenoxy) is 4. The van der Waals surface area contributed by atoms with E-state index in [-0.39, 0.29) is 61.3 Å². The third kappa shape index (κ3) is 11.3. The van der Waals surface area contributed by atoms with Gasteiger partial charge >= 0.3 is 19.8 Å². The predicted molar refractivity (Wildman–Crippen MR) is 261 cm³/mol. The molecule has 4 aliphatic rings. The number of aromatic nitrogens is 4. The largest absolute Gasteiger partial charge is 0.756 e. The first-order valence-electron chi connectivity index (χ1n) is 23.3. The molecule has 6 aromatic rings. The molecule has 0 radical (unpaired) electrons. The van der Waals surface area contributed by atoms with Gasteiger partial charge in [-0.2, -0.15) is 0 Å². The number of pyridine rings is 4. The zero-order valence-electron chi connectivity index (χ0n) is 40.1. The minimum Gasteiger partial charge on any atom is -0.756 e. The van der Waals surface area contributed by atoms with Crippen molar-refractivity contribution in [3.63, 3.8) is 0 Å². The van der Waals surface area contributed by atoms with E-state index in [1.807, 2.05) is 60.7 Å². The van der Waals surface area contributed by atoms with E-state index in [2.05, 4.69) is 20.5 Å². The SMILES string of the molecule is C.CC[C@@]1(OCOP(=O)(O)O)C(=O)OCc2c1cc1n(c2=O)Cc2cc3ccccc3nc2-1.CC[C@@]1(OCOP(=O)([O-])O)C(=O)OCc2c1cc1n(c2=O)Cc2cc3ccccc3nc2-1.[NH3+]CCCCC([NH3+])C(=O)[O-]. The van der Waals surface area contributed by atoms with E-state index >= 15 is 0 Å². The Morgan fingerprint density at radius 3 is 1.59 bits per heavy atom. The number of fused-ring (bicyclic) bond motifs is 10. The molecule has 10 rings (SSSR count). The molecule has 8 heterocycles. The zero-order valence-corrected chi connectivity index (χ0v) is 41.8. The summed E-state index contributed by atoms with van der Waals surface area (Å²) in [6.07, 6.45) is 2.56. The van der Waals surface area contributed by atoms with E-state index in [0.717, 1.165) is 52.3 Å². The number of rotatable bonds is 15. The lowest BCUT2D eigenvalue weighted by molar-refractivity contribution is -0.439. The predicted octanol–water partition coefficient (Wildman–Crippen LogP) is 1.10. The van der Waals surface area contributed by atoms with Crippen LogP contribution in [0.1, 0.15) is 86.8 Å². The summed E-state index contributed by atoms with van der Waals surface area (Å²) in [6, 6.07) is 22.0. The summed E-state index contributed by atoms with van der Waals surface area (Å²) >= 11 is 0. The molecular formula is C49H56N6O18P2. The summed E-state index contributed by atoms with van der Waals surface area (Å²) in [5, 5.41) is 12.0. The smallest absolute Gasteiger partial charge is 0.471 e. The van der Waals surface area contributed by atoms with E-state index < -0.39 is 64.4 Å². The Balaban J connectivity index is 0.000000184. The Morgan fingerprint density at radius 2 is 1.19 bits per heavy atom. The highest BCUT2D eigenvalue weighted by molar-refractivity contribution is 7.46. The number of unbranched alkanes of at least 4 members (excludes halogenated alkanes) is 1. The van der Waals surface area contributed by atoms with Crippen LogP contribution in [0.25, 0.3) is 44.6 Å². The molecule has 26 heteroatoms. The van der Waals surface area contributed by atoms with E-state index in [1.54, 1.807) is 35.1 Å². The van der Waals surface area contributed by atoms with Crippen molar-refractivity contribution in [1.29, 1.82) is 0 Å². The van der Waals surface area contributed by atoms with Crippen LogP contribution in [0.15, 0.2) is 82.4 Å². The van der Waals surface area contributed by atoms with Crippen LogP contribution in [0.4, 0.5) is 0 Å². The topological polar surface area (TPSA) is 373 Å². The normalized spacial score (nSPS) is 18.9. The van der Waals surface area contributed by atoms with Gasteiger partial charge in [0.25, 0.3) is 18.9 Å². The number of hydrogen-bond acceptors (Lipinski definition) is 17. The van der Waals surface area contributed by atoms with Crippen LogP contribution < -0.4 is 32.6 Å². The maximum Gasteiger partial charge on any atom is 0.471 e. The highest BCUT2D eigenvalue weighted by atomic mass is 31.2. The van der Waals surface area contributed by atoms with Gasteiger partial charge in [0, 0.05) is 39.4 Å². The molecule has 0 fully saturated rings. The lowest BCUT2D eigenvalue weighted by Gasteiger charge is -2.36. The number of nitrogens with zero attached hydrogens (tertiary/aromatic N) is 4. The van der Waals surface area contributed by atoms with Gasteiger partial charge in [0.2, 0.25) is 0 Å². The number of cyclic esters (lactones) is 2. The Labute approximate surface area is 427 Å². The summed E-state index contributed by atoms with van der Waals surface area (Å²) in [5.74, 6) is -2.58. The van der Waals surface area contributed by atoms with Crippen molar-refractivity contribution in [3.8, 4) is 22.8 Å². The summed E-state index contributed by atoms with van der Waals surface area (Å²) in [6.45, 7) is 2.59. The van der Waals surface area contributed by atoms with Gasteiger partial charge in [-0.05, 0) is 62.1 Å². The fourth-order valence-electron chi connectivity index (χ4n) is 9.38. The van der Waals surface area contributed by atoms with E-state index in [4.69, 9.17) is 43.6 Å². The average Bonchev–Trinajstić information content (AvgIpc) is 3.91. The third-order valence-corrected chi connectivity index (χ3v) is 14.1. The summed E-state index contributed by atoms with van der Waals surface area (Å²) < 4.78 is 55.3. The molecule has 4 aliphatic heterocycles. The summed E-state index contributed by atoms with van der Waals surface area (Å²) in [4.78, 5) is 109. The second kappa shape index (κ2) is 22.5. The summed E-state index contributed by atoms with van der Waals surface area (Å²) in [7, 11) is -9.89. The van der Waals surface area contributed by atoms with Crippen molar-refractivity contribution in [2.45, 2.75) is 96.9 Å². The molecule has 24 nitrogen and oxygen atoms in total. The van der Waals surface area contributed by atoms with Crippen molar-refractivity contribution < 1.29 is 87.7 Å². The minimum absolute atomic E-state index is 0. The highest BCUT2D eigenvalue weighted by Gasteiger charge is 2.50. The van der Waals surface area contributed by atoms with Crippen LogP contribution in [-0.2, 0) is 89.0 Å². The number of quaternary nitrogens is 2. The molecule has 4 atom stereocenters. The number of aliphatic carboxylic acids is 1. The average molecular weight is 1080 g/mol. The maximum atomic E-state index is 13.3. The number of esters is 2. The van der Waals surface area contributed by atoms with Crippen LogP contribution in [0, 0.1) is 0 Å². The number of carbonyl (C=O) groups is 3. The summed E-state index contributed by atoms with van der Waals surface area (Å²) in [5.41, 5.74) is 9.59. The number of benzene rings is 2. The third-order valence-electron chi connectivity index (χ3n) is 13.2. The molecule has 0 amide bonds. The molecule has 0 aliphatic carbocycles. The molecule has 0 saturated carbocycles.